The number of furan rings is 1. The van der Waals surface area contributed by atoms with Gasteiger partial charge in [0, 0.05) is 32.3 Å². The third-order valence-corrected chi connectivity index (χ3v) is 4.75. The van der Waals surface area contributed by atoms with E-state index in [4.69, 9.17) is 4.42 Å². The van der Waals surface area contributed by atoms with E-state index in [1.807, 2.05) is 18.9 Å². The minimum atomic E-state index is -0.687. The molecule has 1 fully saturated rings. The number of carbonyl (C=O) groups excluding carboxylic acids is 1. The molecular weight excluding hydrogens is 306 g/mol. The minimum absolute atomic E-state index is 0.0131. The van der Waals surface area contributed by atoms with E-state index in [0.29, 0.717) is 17.7 Å². The van der Waals surface area contributed by atoms with Gasteiger partial charge in [-0.1, -0.05) is 12.8 Å². The van der Waals surface area contributed by atoms with Crippen molar-refractivity contribution < 1.29 is 14.3 Å². The summed E-state index contributed by atoms with van der Waals surface area (Å²) < 4.78 is 6.98. The van der Waals surface area contributed by atoms with Gasteiger partial charge in [-0.25, -0.2) is 0 Å². The first-order valence-electron chi connectivity index (χ1n) is 8.59. The normalized spacial score (nSPS) is 20.0. The van der Waals surface area contributed by atoms with Gasteiger partial charge in [0.05, 0.1) is 17.5 Å². The van der Waals surface area contributed by atoms with Crippen LogP contribution in [-0.2, 0) is 7.05 Å². The van der Waals surface area contributed by atoms with Crippen LogP contribution >= 0.6 is 0 Å². The van der Waals surface area contributed by atoms with Crippen LogP contribution in [0.1, 0.15) is 60.0 Å². The molecule has 0 aliphatic carbocycles. The van der Waals surface area contributed by atoms with Crippen molar-refractivity contribution in [2.24, 2.45) is 7.05 Å². The Morgan fingerprint density at radius 1 is 1.46 bits per heavy atom. The molecule has 0 bridgehead atoms. The van der Waals surface area contributed by atoms with Gasteiger partial charge in [-0.3, -0.25) is 9.48 Å². The highest BCUT2D eigenvalue weighted by Gasteiger charge is 2.30. The maximum absolute atomic E-state index is 13.0. The zero-order chi connectivity index (χ0) is 17.1. The van der Waals surface area contributed by atoms with Crippen LogP contribution in [0.5, 0.6) is 0 Å². The van der Waals surface area contributed by atoms with Crippen LogP contribution in [0.15, 0.2) is 29.0 Å². The van der Waals surface area contributed by atoms with Crippen molar-refractivity contribution in [3.8, 4) is 0 Å². The van der Waals surface area contributed by atoms with Gasteiger partial charge < -0.3 is 14.4 Å². The second-order valence-electron chi connectivity index (χ2n) is 6.57. The van der Waals surface area contributed by atoms with Gasteiger partial charge in [-0.2, -0.15) is 5.10 Å². The number of amides is 1. The van der Waals surface area contributed by atoms with Crippen LogP contribution in [0.3, 0.4) is 0 Å². The molecule has 1 saturated heterocycles. The molecule has 6 heteroatoms. The van der Waals surface area contributed by atoms with Crippen LogP contribution in [0, 0.1) is 6.92 Å². The molecule has 0 spiro atoms. The molecule has 2 aromatic heterocycles. The molecule has 0 aromatic carbocycles. The van der Waals surface area contributed by atoms with Crippen molar-refractivity contribution in [2.75, 3.05) is 6.54 Å². The molecule has 1 aliphatic rings. The van der Waals surface area contributed by atoms with Crippen molar-refractivity contribution in [3.05, 3.63) is 41.6 Å². The molecule has 130 valence electrons. The van der Waals surface area contributed by atoms with Gasteiger partial charge in [0.1, 0.15) is 11.9 Å². The Hall–Kier alpha value is -2.08. The first-order chi connectivity index (χ1) is 11.6. The molecule has 1 aliphatic heterocycles. The van der Waals surface area contributed by atoms with E-state index >= 15 is 0 Å². The van der Waals surface area contributed by atoms with Gasteiger partial charge in [0.15, 0.2) is 0 Å². The van der Waals surface area contributed by atoms with Crippen LogP contribution in [0.4, 0.5) is 0 Å². The number of carbonyl (C=O) groups is 1. The summed E-state index contributed by atoms with van der Waals surface area (Å²) in [6, 6.07) is 3.56. The predicted octanol–water partition coefficient (Wildman–Crippen LogP) is 2.83. The van der Waals surface area contributed by atoms with E-state index in [1.165, 1.54) is 0 Å². The quantitative estimate of drug-likeness (QED) is 0.935. The summed E-state index contributed by atoms with van der Waals surface area (Å²) in [5, 5.41) is 14.7. The third-order valence-electron chi connectivity index (χ3n) is 4.75. The van der Waals surface area contributed by atoms with Crippen LogP contribution < -0.4 is 0 Å². The van der Waals surface area contributed by atoms with Gasteiger partial charge in [-0.15, -0.1) is 0 Å². The lowest BCUT2D eigenvalue weighted by Gasteiger charge is -2.31. The molecular formula is C18H25N3O3. The van der Waals surface area contributed by atoms with Crippen molar-refractivity contribution in [3.63, 3.8) is 0 Å². The molecule has 0 saturated carbocycles. The molecule has 2 unspecified atom stereocenters. The van der Waals surface area contributed by atoms with E-state index in [0.717, 1.165) is 37.9 Å². The molecule has 2 atom stereocenters. The smallest absolute Gasteiger partial charge is 0.257 e. The summed E-state index contributed by atoms with van der Waals surface area (Å²) in [6.07, 6.45) is 7.25. The molecule has 0 radical (unpaired) electrons. The van der Waals surface area contributed by atoms with Gasteiger partial charge in [-0.05, 0) is 31.9 Å². The number of hydrogen-bond donors (Lipinski definition) is 1. The zero-order valence-electron chi connectivity index (χ0n) is 14.3. The Bertz CT molecular complexity index is 678. The number of aromatic nitrogens is 2. The van der Waals surface area contributed by atoms with Gasteiger partial charge in [0.25, 0.3) is 5.91 Å². The highest BCUT2D eigenvalue weighted by Crippen LogP contribution is 2.28. The van der Waals surface area contributed by atoms with Crippen molar-refractivity contribution in [1.29, 1.82) is 0 Å². The minimum Gasteiger partial charge on any atom is -0.467 e. The van der Waals surface area contributed by atoms with Crippen LogP contribution in [-0.4, -0.2) is 38.3 Å². The highest BCUT2D eigenvalue weighted by atomic mass is 16.4. The summed E-state index contributed by atoms with van der Waals surface area (Å²) >= 11 is 0. The Morgan fingerprint density at radius 2 is 2.29 bits per heavy atom. The lowest BCUT2D eigenvalue weighted by molar-refractivity contribution is 0.0556. The second kappa shape index (κ2) is 7.21. The number of likely N-dealkylation sites (tertiary alicyclic amines) is 1. The molecule has 3 rings (SSSR count). The van der Waals surface area contributed by atoms with E-state index in [1.54, 1.807) is 29.3 Å². The predicted molar refractivity (Wildman–Crippen MR) is 89.5 cm³/mol. The summed E-state index contributed by atoms with van der Waals surface area (Å²) in [4.78, 5) is 15.0. The maximum atomic E-state index is 13.0. The average molecular weight is 331 g/mol. The average Bonchev–Trinajstić information content (AvgIpc) is 3.13. The third kappa shape index (κ3) is 3.53. The Balaban J connectivity index is 1.79. The SMILES string of the molecule is Cc1nn(C)cc1C(=O)N1CCCCCC1CC(O)c1ccco1. The Kier molecular flexibility index (Phi) is 5.04. The van der Waals surface area contributed by atoms with Gasteiger partial charge >= 0.3 is 0 Å². The van der Waals surface area contributed by atoms with Crippen molar-refractivity contribution in [2.45, 2.75) is 51.2 Å². The lowest BCUT2D eigenvalue weighted by atomic mass is 10.0. The Labute approximate surface area is 142 Å². The van der Waals surface area contributed by atoms with E-state index in [-0.39, 0.29) is 11.9 Å². The fourth-order valence-corrected chi connectivity index (χ4v) is 3.51. The standard InChI is InChI=1S/C18H25N3O3/c1-13-15(12-20(2)19-13)18(23)21-9-5-3-4-7-14(21)11-16(22)17-8-6-10-24-17/h6,8,10,12,14,16,22H,3-5,7,9,11H2,1-2H3. The topological polar surface area (TPSA) is 71.5 Å². The molecule has 24 heavy (non-hydrogen) atoms. The first kappa shape index (κ1) is 16.8. The van der Waals surface area contributed by atoms with E-state index < -0.39 is 6.10 Å². The Morgan fingerprint density at radius 3 is 2.96 bits per heavy atom. The van der Waals surface area contributed by atoms with E-state index in [9.17, 15) is 9.90 Å². The monoisotopic (exact) mass is 331 g/mol. The fraction of sp³-hybridized carbons (Fsp3) is 0.556. The number of hydrogen-bond acceptors (Lipinski definition) is 4. The number of aliphatic hydroxyl groups is 1. The second-order valence-corrected chi connectivity index (χ2v) is 6.57. The van der Waals surface area contributed by atoms with Crippen LogP contribution in [0.25, 0.3) is 0 Å². The molecule has 3 heterocycles. The summed E-state index contributed by atoms with van der Waals surface area (Å²) in [5.74, 6) is 0.573. The molecule has 6 nitrogen and oxygen atoms in total. The number of aryl methyl sites for hydroxylation is 2. The zero-order valence-corrected chi connectivity index (χ0v) is 14.3. The lowest BCUT2D eigenvalue weighted by Crippen LogP contribution is -2.41. The molecule has 2 aromatic rings. The van der Waals surface area contributed by atoms with E-state index in [2.05, 4.69) is 5.10 Å². The van der Waals surface area contributed by atoms with Crippen molar-refractivity contribution >= 4 is 5.91 Å². The summed E-state index contributed by atoms with van der Waals surface area (Å²) in [7, 11) is 1.82. The number of nitrogens with zero attached hydrogens (tertiary/aromatic N) is 3. The maximum Gasteiger partial charge on any atom is 0.257 e. The summed E-state index contributed by atoms with van der Waals surface area (Å²) in [5.41, 5.74) is 1.40. The first-order valence-corrected chi connectivity index (χ1v) is 8.59. The largest absolute Gasteiger partial charge is 0.467 e. The number of rotatable bonds is 4. The molecule has 1 N–H and O–H groups in total. The molecule has 1 amide bonds. The fourth-order valence-electron chi connectivity index (χ4n) is 3.51. The summed E-state index contributed by atoms with van der Waals surface area (Å²) in [6.45, 7) is 2.58. The van der Waals surface area contributed by atoms with Gasteiger partial charge in [0.2, 0.25) is 0 Å². The van der Waals surface area contributed by atoms with Crippen molar-refractivity contribution in [1.82, 2.24) is 14.7 Å². The number of aliphatic hydroxyl groups excluding tert-OH is 1. The highest BCUT2D eigenvalue weighted by molar-refractivity contribution is 5.95. The van der Waals surface area contributed by atoms with Crippen LogP contribution in [0.2, 0.25) is 0 Å².